The largest absolute Gasteiger partial charge is 0.367 e. The Kier molecular flexibility index (Phi) is 6.30. The normalized spacial score (nSPS) is 12.1. The van der Waals surface area contributed by atoms with Gasteiger partial charge in [-0.15, -0.1) is 0 Å². The maximum atomic E-state index is 15.0. The van der Waals surface area contributed by atoms with Gasteiger partial charge in [-0.05, 0) is 25.0 Å². The number of nitrogens with one attached hydrogen (secondary N) is 1. The molecular weight excluding hydrogens is 398 g/mol. The number of aromatic nitrogens is 4. The van der Waals surface area contributed by atoms with Gasteiger partial charge in [0.1, 0.15) is 28.9 Å². The summed E-state index contributed by atoms with van der Waals surface area (Å²) < 4.78 is 31.4. The molecule has 1 atom stereocenters. The molecule has 0 unspecified atom stereocenters. The number of hydrogen-bond donors (Lipinski definition) is 2. The molecular formula is C20H21ClF2N6. The third-order valence-electron chi connectivity index (χ3n) is 4.54. The summed E-state index contributed by atoms with van der Waals surface area (Å²) in [7, 11) is 0. The van der Waals surface area contributed by atoms with Gasteiger partial charge < -0.3 is 11.1 Å². The summed E-state index contributed by atoms with van der Waals surface area (Å²) in [5.74, 6) is 4.65. The Morgan fingerprint density at radius 1 is 1.21 bits per heavy atom. The first-order valence-corrected chi connectivity index (χ1v) is 9.55. The molecule has 2 aromatic heterocycles. The molecule has 0 saturated heterocycles. The van der Waals surface area contributed by atoms with Crippen molar-refractivity contribution in [1.82, 2.24) is 19.6 Å². The second-order valence-electron chi connectivity index (χ2n) is 6.93. The summed E-state index contributed by atoms with van der Waals surface area (Å²) in [6.07, 6.45) is 1.74. The van der Waals surface area contributed by atoms with Gasteiger partial charge in [0, 0.05) is 24.6 Å². The molecule has 2 heterocycles. The minimum atomic E-state index is -0.800. The molecule has 3 aromatic rings. The molecule has 0 bridgehead atoms. The molecule has 0 amide bonds. The third kappa shape index (κ3) is 4.31. The van der Waals surface area contributed by atoms with Gasteiger partial charge >= 0.3 is 0 Å². The molecule has 3 rings (SSSR count). The number of benzene rings is 1. The molecule has 1 aromatic carbocycles. The lowest BCUT2D eigenvalue weighted by atomic mass is 10.0. The van der Waals surface area contributed by atoms with Crippen LogP contribution in [0.15, 0.2) is 18.5 Å². The lowest BCUT2D eigenvalue weighted by Gasteiger charge is -2.22. The van der Waals surface area contributed by atoms with Gasteiger partial charge in [-0.2, -0.15) is 19.6 Å². The van der Waals surface area contributed by atoms with E-state index in [1.807, 2.05) is 20.8 Å². The summed E-state index contributed by atoms with van der Waals surface area (Å²) in [5.41, 5.74) is 5.38. The minimum Gasteiger partial charge on any atom is -0.367 e. The van der Waals surface area contributed by atoms with Crippen molar-refractivity contribution in [1.29, 1.82) is 0 Å². The first-order chi connectivity index (χ1) is 13.8. The summed E-state index contributed by atoms with van der Waals surface area (Å²) in [4.78, 5) is 8.16. The van der Waals surface area contributed by atoms with Crippen LogP contribution in [0.1, 0.15) is 32.8 Å². The van der Waals surface area contributed by atoms with Crippen molar-refractivity contribution < 1.29 is 8.78 Å². The fourth-order valence-corrected chi connectivity index (χ4v) is 2.93. The molecule has 152 valence electrons. The van der Waals surface area contributed by atoms with Crippen molar-refractivity contribution >= 4 is 23.2 Å². The fraction of sp³-hybridized carbons (Fsp3) is 0.350. The molecule has 29 heavy (non-hydrogen) atoms. The zero-order chi connectivity index (χ0) is 21.1. The van der Waals surface area contributed by atoms with Gasteiger partial charge in [0.25, 0.3) is 5.78 Å². The number of nitrogens with two attached hydrogens (primary N) is 1. The quantitative estimate of drug-likeness (QED) is 0.485. The predicted octanol–water partition coefficient (Wildman–Crippen LogP) is 3.88. The summed E-state index contributed by atoms with van der Waals surface area (Å²) >= 11 is 6.34. The maximum absolute atomic E-state index is 15.0. The zero-order valence-corrected chi connectivity index (χ0v) is 17.1. The standard InChI is InChI=1S/C20H21ClF2N6/c1-11(2)12(3)27-19-17(18(21)28-20-25-10-26-29(19)20)16-14(22)8-13(9-15(16)23)6-4-5-7-24/h8-12,27H,5,7,24H2,1-3H3/t12-/m1/s1. The SMILES string of the molecule is CC(C)[C@@H](C)Nc1c(-c2c(F)cc(C#CCCN)cc2F)c(Cl)nc2ncnn12. The third-order valence-corrected chi connectivity index (χ3v) is 4.81. The van der Waals surface area contributed by atoms with E-state index in [9.17, 15) is 8.78 Å². The molecule has 0 aliphatic carbocycles. The van der Waals surface area contributed by atoms with Crippen LogP contribution < -0.4 is 11.1 Å². The number of anilines is 1. The van der Waals surface area contributed by atoms with E-state index in [1.54, 1.807) is 0 Å². The van der Waals surface area contributed by atoms with E-state index in [4.69, 9.17) is 17.3 Å². The maximum Gasteiger partial charge on any atom is 0.255 e. The van der Waals surface area contributed by atoms with Gasteiger partial charge in [0.2, 0.25) is 0 Å². The fourth-order valence-electron chi connectivity index (χ4n) is 2.67. The van der Waals surface area contributed by atoms with Gasteiger partial charge in [-0.25, -0.2) is 8.78 Å². The summed E-state index contributed by atoms with van der Waals surface area (Å²) in [6.45, 7) is 6.37. The van der Waals surface area contributed by atoms with E-state index in [-0.39, 0.29) is 39.6 Å². The van der Waals surface area contributed by atoms with Crippen LogP contribution in [0.5, 0.6) is 0 Å². The Labute approximate surface area is 172 Å². The second kappa shape index (κ2) is 8.72. The molecule has 3 N–H and O–H groups in total. The van der Waals surface area contributed by atoms with Crippen LogP contribution in [-0.2, 0) is 0 Å². The Morgan fingerprint density at radius 3 is 2.52 bits per heavy atom. The number of fused-ring (bicyclic) bond motifs is 1. The molecule has 0 radical (unpaired) electrons. The van der Waals surface area contributed by atoms with Gasteiger partial charge in [-0.3, -0.25) is 0 Å². The molecule has 0 fully saturated rings. The Balaban J connectivity index is 2.22. The van der Waals surface area contributed by atoms with E-state index < -0.39 is 11.6 Å². The van der Waals surface area contributed by atoms with Crippen molar-refractivity contribution in [2.45, 2.75) is 33.2 Å². The van der Waals surface area contributed by atoms with Crippen LogP contribution in [-0.4, -0.2) is 32.2 Å². The average Bonchev–Trinajstić information content (AvgIpc) is 3.11. The van der Waals surface area contributed by atoms with Crippen LogP contribution in [0.2, 0.25) is 5.15 Å². The van der Waals surface area contributed by atoms with Crippen molar-refractivity contribution in [2.75, 3.05) is 11.9 Å². The van der Waals surface area contributed by atoms with E-state index >= 15 is 0 Å². The average molecular weight is 419 g/mol. The summed E-state index contributed by atoms with van der Waals surface area (Å²) in [5, 5.41) is 7.30. The van der Waals surface area contributed by atoms with Crippen molar-refractivity contribution in [2.24, 2.45) is 11.7 Å². The van der Waals surface area contributed by atoms with Crippen molar-refractivity contribution in [3.05, 3.63) is 40.8 Å². The van der Waals surface area contributed by atoms with Gasteiger partial charge in [-0.1, -0.05) is 37.3 Å². The molecule has 0 aliphatic heterocycles. The van der Waals surface area contributed by atoms with Gasteiger partial charge in [0.15, 0.2) is 0 Å². The number of nitrogens with zero attached hydrogens (tertiary/aromatic N) is 4. The van der Waals surface area contributed by atoms with E-state index in [0.29, 0.717) is 18.8 Å². The smallest absolute Gasteiger partial charge is 0.255 e. The van der Waals surface area contributed by atoms with E-state index in [1.165, 1.54) is 23.0 Å². The molecule has 0 spiro atoms. The highest BCUT2D eigenvalue weighted by molar-refractivity contribution is 6.33. The molecule has 0 saturated carbocycles. The lowest BCUT2D eigenvalue weighted by molar-refractivity contribution is 0.556. The summed E-state index contributed by atoms with van der Waals surface area (Å²) in [6, 6.07) is 2.30. The van der Waals surface area contributed by atoms with E-state index in [2.05, 4.69) is 32.2 Å². The molecule has 0 aliphatic rings. The number of rotatable bonds is 5. The Hall–Kier alpha value is -2.76. The van der Waals surface area contributed by atoms with E-state index in [0.717, 1.165) is 0 Å². The highest BCUT2D eigenvalue weighted by Crippen LogP contribution is 2.38. The van der Waals surface area contributed by atoms with Crippen LogP contribution >= 0.6 is 11.6 Å². The monoisotopic (exact) mass is 418 g/mol. The van der Waals surface area contributed by atoms with Crippen LogP contribution in [0.3, 0.4) is 0 Å². The predicted molar refractivity (Wildman–Crippen MR) is 110 cm³/mol. The minimum absolute atomic E-state index is 0.0351. The highest BCUT2D eigenvalue weighted by atomic mass is 35.5. The lowest BCUT2D eigenvalue weighted by Crippen LogP contribution is -2.24. The Bertz CT molecular complexity index is 1080. The molecule has 6 nitrogen and oxygen atoms in total. The van der Waals surface area contributed by atoms with Crippen molar-refractivity contribution in [3.8, 4) is 23.0 Å². The van der Waals surface area contributed by atoms with Crippen LogP contribution in [0, 0.1) is 29.4 Å². The first kappa shape index (κ1) is 21.0. The topological polar surface area (TPSA) is 81.1 Å². The Morgan fingerprint density at radius 2 is 1.90 bits per heavy atom. The van der Waals surface area contributed by atoms with Crippen LogP contribution in [0.4, 0.5) is 14.6 Å². The number of hydrogen-bond acceptors (Lipinski definition) is 5. The van der Waals surface area contributed by atoms with Gasteiger partial charge in [0.05, 0.1) is 11.1 Å². The first-order valence-electron chi connectivity index (χ1n) is 9.17. The highest BCUT2D eigenvalue weighted by Gasteiger charge is 2.25. The zero-order valence-electron chi connectivity index (χ0n) is 16.3. The molecule has 9 heteroatoms. The second-order valence-corrected chi connectivity index (χ2v) is 7.29. The van der Waals surface area contributed by atoms with Crippen LogP contribution in [0.25, 0.3) is 16.9 Å². The number of halogens is 3. The van der Waals surface area contributed by atoms with Crippen molar-refractivity contribution in [3.63, 3.8) is 0 Å².